The van der Waals surface area contributed by atoms with E-state index in [0.717, 1.165) is 18.7 Å². The zero-order valence-corrected chi connectivity index (χ0v) is 15.0. The third-order valence-corrected chi connectivity index (χ3v) is 6.34. The minimum Gasteiger partial charge on any atom is -0.309 e. The summed E-state index contributed by atoms with van der Waals surface area (Å²) < 4.78 is 12.9. The van der Waals surface area contributed by atoms with Gasteiger partial charge < -0.3 is 5.32 Å². The summed E-state index contributed by atoms with van der Waals surface area (Å²) in [5.74, 6) is 1.71. The molecule has 4 unspecified atom stereocenters. The molecule has 0 aromatic heterocycles. The summed E-state index contributed by atoms with van der Waals surface area (Å²) in [4.78, 5) is 0. The Morgan fingerprint density at radius 3 is 2.19 bits per heavy atom. The molecule has 0 saturated carbocycles. The SMILES string of the molecule is CCNC(c1ccccc1)C(C(C)C)S(=O)CC(C)CC. The molecule has 1 rings (SSSR count). The van der Waals surface area contributed by atoms with Crippen LogP contribution in [0.1, 0.15) is 52.6 Å². The van der Waals surface area contributed by atoms with Crippen LogP contribution in [0.5, 0.6) is 0 Å². The predicted molar refractivity (Wildman–Crippen MR) is 94.0 cm³/mol. The van der Waals surface area contributed by atoms with Gasteiger partial charge in [0.05, 0.1) is 5.25 Å². The standard InChI is InChI=1S/C18H31NOS/c1-6-15(5)13-21(20)18(14(3)4)17(19-7-2)16-11-9-8-10-12-16/h8-12,14-15,17-19H,6-7,13H2,1-5H3. The Morgan fingerprint density at radius 1 is 1.10 bits per heavy atom. The average molecular weight is 310 g/mol. The molecule has 120 valence electrons. The van der Waals surface area contributed by atoms with Crippen molar-refractivity contribution in [3.63, 3.8) is 0 Å². The topological polar surface area (TPSA) is 29.1 Å². The van der Waals surface area contributed by atoms with Crippen molar-refractivity contribution in [2.24, 2.45) is 11.8 Å². The fourth-order valence-corrected chi connectivity index (χ4v) is 4.84. The molecule has 1 aromatic carbocycles. The largest absolute Gasteiger partial charge is 0.309 e. The molecule has 1 aromatic rings. The molecular weight excluding hydrogens is 278 g/mol. The highest BCUT2D eigenvalue weighted by atomic mass is 32.2. The van der Waals surface area contributed by atoms with E-state index in [2.05, 4.69) is 64.2 Å². The van der Waals surface area contributed by atoms with Gasteiger partial charge in [0.1, 0.15) is 0 Å². The van der Waals surface area contributed by atoms with Gasteiger partial charge in [-0.05, 0) is 23.9 Å². The molecule has 4 atom stereocenters. The lowest BCUT2D eigenvalue weighted by Crippen LogP contribution is -2.39. The van der Waals surface area contributed by atoms with Crippen LogP contribution < -0.4 is 5.32 Å². The molecule has 0 spiro atoms. The highest BCUT2D eigenvalue weighted by Crippen LogP contribution is 2.27. The van der Waals surface area contributed by atoms with Crippen LogP contribution in [-0.4, -0.2) is 21.8 Å². The fraction of sp³-hybridized carbons (Fsp3) is 0.667. The smallest absolute Gasteiger partial charge is 0.0565 e. The molecule has 0 fully saturated rings. The van der Waals surface area contributed by atoms with Crippen molar-refractivity contribution < 1.29 is 4.21 Å². The minimum absolute atomic E-state index is 0.154. The minimum atomic E-state index is -0.812. The van der Waals surface area contributed by atoms with Crippen molar-refractivity contribution in [1.82, 2.24) is 5.32 Å². The number of benzene rings is 1. The zero-order valence-electron chi connectivity index (χ0n) is 14.1. The number of rotatable bonds is 9. The molecule has 3 heteroatoms. The highest BCUT2D eigenvalue weighted by Gasteiger charge is 2.31. The summed E-state index contributed by atoms with van der Waals surface area (Å²) >= 11 is 0. The van der Waals surface area contributed by atoms with Gasteiger partial charge in [0.15, 0.2) is 0 Å². The summed E-state index contributed by atoms with van der Waals surface area (Å²) in [6, 6.07) is 10.6. The van der Waals surface area contributed by atoms with Crippen molar-refractivity contribution in [3.8, 4) is 0 Å². The van der Waals surface area contributed by atoms with Gasteiger partial charge >= 0.3 is 0 Å². The van der Waals surface area contributed by atoms with Crippen LogP contribution >= 0.6 is 0 Å². The highest BCUT2D eigenvalue weighted by molar-refractivity contribution is 7.85. The molecule has 0 aliphatic heterocycles. The molecule has 0 amide bonds. The first-order valence-electron chi connectivity index (χ1n) is 8.16. The van der Waals surface area contributed by atoms with Crippen molar-refractivity contribution in [1.29, 1.82) is 0 Å². The summed E-state index contributed by atoms with van der Waals surface area (Å²) in [6.07, 6.45) is 1.09. The molecule has 1 N–H and O–H groups in total. The van der Waals surface area contributed by atoms with E-state index in [1.54, 1.807) is 0 Å². The Labute approximate surface area is 133 Å². The van der Waals surface area contributed by atoms with Gasteiger partial charge in [0, 0.05) is 22.6 Å². The molecule has 0 bridgehead atoms. The molecule has 0 saturated heterocycles. The molecule has 0 heterocycles. The van der Waals surface area contributed by atoms with Crippen LogP contribution in [0.15, 0.2) is 30.3 Å². The average Bonchev–Trinajstić information content (AvgIpc) is 2.47. The van der Waals surface area contributed by atoms with Gasteiger partial charge in [0.25, 0.3) is 0 Å². The Morgan fingerprint density at radius 2 is 1.71 bits per heavy atom. The van der Waals surface area contributed by atoms with Crippen molar-refractivity contribution in [2.45, 2.75) is 52.3 Å². The maximum Gasteiger partial charge on any atom is 0.0565 e. The van der Waals surface area contributed by atoms with Crippen LogP contribution in [0.25, 0.3) is 0 Å². The van der Waals surface area contributed by atoms with Gasteiger partial charge in [0.2, 0.25) is 0 Å². The fourth-order valence-electron chi connectivity index (χ4n) is 2.65. The van der Waals surface area contributed by atoms with E-state index in [-0.39, 0.29) is 11.3 Å². The molecule has 21 heavy (non-hydrogen) atoms. The lowest BCUT2D eigenvalue weighted by molar-refractivity contribution is 0.441. The number of hydrogen-bond acceptors (Lipinski definition) is 2. The molecule has 2 nitrogen and oxygen atoms in total. The van der Waals surface area contributed by atoms with Gasteiger partial charge in [-0.2, -0.15) is 0 Å². The van der Waals surface area contributed by atoms with Gasteiger partial charge in [-0.1, -0.05) is 71.4 Å². The first-order valence-corrected chi connectivity index (χ1v) is 9.54. The Bertz CT molecular complexity index is 418. The van der Waals surface area contributed by atoms with E-state index < -0.39 is 10.8 Å². The van der Waals surface area contributed by atoms with E-state index in [0.29, 0.717) is 11.8 Å². The van der Waals surface area contributed by atoms with E-state index >= 15 is 0 Å². The van der Waals surface area contributed by atoms with E-state index in [4.69, 9.17) is 0 Å². The van der Waals surface area contributed by atoms with E-state index in [1.807, 2.05) is 6.07 Å². The monoisotopic (exact) mass is 309 g/mol. The van der Waals surface area contributed by atoms with Crippen LogP contribution in [-0.2, 0) is 10.8 Å². The van der Waals surface area contributed by atoms with Crippen molar-refractivity contribution >= 4 is 10.8 Å². The maximum absolute atomic E-state index is 12.9. The summed E-state index contributed by atoms with van der Waals surface area (Å²) in [6.45, 7) is 11.7. The lowest BCUT2D eigenvalue weighted by Gasteiger charge is -2.31. The maximum atomic E-state index is 12.9. The number of hydrogen-bond donors (Lipinski definition) is 1. The summed E-state index contributed by atoms with van der Waals surface area (Å²) in [5, 5.41) is 3.71. The number of nitrogens with one attached hydrogen (secondary N) is 1. The van der Waals surface area contributed by atoms with Gasteiger partial charge in [-0.3, -0.25) is 4.21 Å². The first-order chi connectivity index (χ1) is 10.0. The normalized spacial score (nSPS) is 17.4. The van der Waals surface area contributed by atoms with Crippen LogP contribution in [0, 0.1) is 11.8 Å². The zero-order chi connectivity index (χ0) is 15.8. The van der Waals surface area contributed by atoms with Crippen molar-refractivity contribution in [3.05, 3.63) is 35.9 Å². The third kappa shape index (κ3) is 5.55. The van der Waals surface area contributed by atoms with Crippen molar-refractivity contribution in [2.75, 3.05) is 12.3 Å². The Kier molecular flexibility index (Phi) is 8.20. The first kappa shape index (κ1) is 18.4. The van der Waals surface area contributed by atoms with Crippen LogP contribution in [0.3, 0.4) is 0 Å². The second-order valence-electron chi connectivity index (χ2n) is 6.22. The molecular formula is C18H31NOS. The predicted octanol–water partition coefficient (Wildman–Crippen LogP) is 4.16. The quantitative estimate of drug-likeness (QED) is 0.742. The van der Waals surface area contributed by atoms with Gasteiger partial charge in [-0.15, -0.1) is 0 Å². The lowest BCUT2D eigenvalue weighted by atomic mass is 9.96. The second-order valence-corrected chi connectivity index (χ2v) is 7.85. The van der Waals surface area contributed by atoms with E-state index in [1.165, 1.54) is 5.56 Å². The van der Waals surface area contributed by atoms with Gasteiger partial charge in [-0.25, -0.2) is 0 Å². The third-order valence-electron chi connectivity index (χ3n) is 4.02. The molecule has 0 radical (unpaired) electrons. The van der Waals surface area contributed by atoms with E-state index in [9.17, 15) is 4.21 Å². The molecule has 0 aliphatic carbocycles. The summed E-state index contributed by atoms with van der Waals surface area (Å²) in [7, 11) is -0.812. The Hall–Kier alpha value is -0.670. The molecule has 0 aliphatic rings. The summed E-state index contributed by atoms with van der Waals surface area (Å²) in [5.41, 5.74) is 1.25. The Balaban J connectivity index is 3.01. The van der Waals surface area contributed by atoms with Crippen LogP contribution in [0.2, 0.25) is 0 Å². The van der Waals surface area contributed by atoms with Crippen LogP contribution in [0.4, 0.5) is 0 Å². The second kappa shape index (κ2) is 9.37.